The summed E-state index contributed by atoms with van der Waals surface area (Å²) in [5, 5.41) is 12.1. The molecule has 27 heavy (non-hydrogen) atoms. The molecule has 2 amide bonds. The topological polar surface area (TPSA) is 82.4 Å². The number of carbonyl (C=O) groups is 2. The van der Waals surface area contributed by atoms with Gasteiger partial charge in [0.25, 0.3) is 0 Å². The van der Waals surface area contributed by atoms with Crippen molar-refractivity contribution in [1.82, 2.24) is 0 Å². The van der Waals surface area contributed by atoms with Crippen molar-refractivity contribution in [2.75, 3.05) is 16.8 Å². The fraction of sp³-hybridized carbons (Fsp3) is 0.286. The second-order valence-corrected chi connectivity index (χ2v) is 6.26. The highest BCUT2D eigenvalue weighted by Gasteiger charge is 2.17. The molecule has 0 saturated carbocycles. The molecule has 6 heteroatoms. The molecule has 0 spiro atoms. The molecule has 2 aromatic rings. The lowest BCUT2D eigenvalue weighted by Crippen LogP contribution is -2.32. The standard InChI is InChI=1S/C21H23N3O3/c1-15(2)27-20-11-7-5-9-18(20)23-21(26)12-13-24(16(3)25)19-10-6-4-8-17(19)14-22/h4-11,15H,12-13H2,1-3H3,(H,23,26). The Labute approximate surface area is 159 Å². The first-order chi connectivity index (χ1) is 12.9. The number of benzene rings is 2. The van der Waals surface area contributed by atoms with Crippen LogP contribution in [0.1, 0.15) is 32.8 Å². The Balaban J connectivity index is 2.08. The maximum atomic E-state index is 12.4. The van der Waals surface area contributed by atoms with E-state index < -0.39 is 0 Å². The van der Waals surface area contributed by atoms with Gasteiger partial charge in [-0.15, -0.1) is 0 Å². The molecule has 0 aliphatic heterocycles. The highest BCUT2D eigenvalue weighted by molar-refractivity contribution is 5.96. The van der Waals surface area contributed by atoms with E-state index in [4.69, 9.17) is 4.74 Å². The van der Waals surface area contributed by atoms with E-state index in [2.05, 4.69) is 11.4 Å². The zero-order valence-corrected chi connectivity index (χ0v) is 15.7. The van der Waals surface area contributed by atoms with Gasteiger partial charge >= 0.3 is 0 Å². The van der Waals surface area contributed by atoms with E-state index in [1.165, 1.54) is 11.8 Å². The van der Waals surface area contributed by atoms with Crippen molar-refractivity contribution in [2.24, 2.45) is 0 Å². The number of hydrogen-bond donors (Lipinski definition) is 1. The van der Waals surface area contributed by atoms with Gasteiger partial charge in [0.2, 0.25) is 11.8 Å². The van der Waals surface area contributed by atoms with Gasteiger partial charge in [0.1, 0.15) is 11.8 Å². The molecule has 0 heterocycles. The molecule has 2 rings (SSSR count). The monoisotopic (exact) mass is 365 g/mol. The molecular formula is C21H23N3O3. The first-order valence-corrected chi connectivity index (χ1v) is 8.75. The maximum absolute atomic E-state index is 12.4. The van der Waals surface area contributed by atoms with Crippen molar-refractivity contribution in [3.05, 3.63) is 54.1 Å². The van der Waals surface area contributed by atoms with Crippen LogP contribution in [0.3, 0.4) is 0 Å². The number of nitrogens with zero attached hydrogens (tertiary/aromatic N) is 2. The van der Waals surface area contributed by atoms with Crippen LogP contribution in [-0.2, 0) is 9.59 Å². The second-order valence-electron chi connectivity index (χ2n) is 6.26. The number of amides is 2. The van der Waals surface area contributed by atoms with Crippen LogP contribution >= 0.6 is 0 Å². The number of para-hydroxylation sites is 3. The summed E-state index contributed by atoms with van der Waals surface area (Å²) in [6.45, 7) is 5.41. The molecule has 0 bridgehead atoms. The van der Waals surface area contributed by atoms with Crippen LogP contribution in [0.4, 0.5) is 11.4 Å². The van der Waals surface area contributed by atoms with Crippen LogP contribution in [0.25, 0.3) is 0 Å². The third kappa shape index (κ3) is 5.58. The van der Waals surface area contributed by atoms with Crippen LogP contribution in [0.5, 0.6) is 5.75 Å². The fourth-order valence-corrected chi connectivity index (χ4v) is 2.60. The zero-order chi connectivity index (χ0) is 19.8. The van der Waals surface area contributed by atoms with Crippen molar-refractivity contribution in [3.8, 4) is 11.8 Å². The van der Waals surface area contributed by atoms with Gasteiger partial charge in [-0.3, -0.25) is 9.59 Å². The predicted molar refractivity (Wildman–Crippen MR) is 105 cm³/mol. The number of anilines is 2. The van der Waals surface area contributed by atoms with Crippen molar-refractivity contribution in [3.63, 3.8) is 0 Å². The lowest BCUT2D eigenvalue weighted by molar-refractivity contribution is -0.117. The van der Waals surface area contributed by atoms with Gasteiger partial charge in [-0.05, 0) is 38.1 Å². The minimum absolute atomic E-state index is 0.0151. The van der Waals surface area contributed by atoms with Crippen LogP contribution in [0, 0.1) is 11.3 Å². The maximum Gasteiger partial charge on any atom is 0.226 e. The summed E-state index contributed by atoms with van der Waals surface area (Å²) >= 11 is 0. The van der Waals surface area contributed by atoms with Gasteiger partial charge < -0.3 is 15.0 Å². The number of nitrogens with one attached hydrogen (secondary N) is 1. The van der Waals surface area contributed by atoms with Gasteiger partial charge in [-0.2, -0.15) is 5.26 Å². The molecule has 0 unspecified atom stereocenters. The molecule has 0 fully saturated rings. The van der Waals surface area contributed by atoms with Crippen molar-refractivity contribution >= 4 is 23.2 Å². The van der Waals surface area contributed by atoms with Crippen molar-refractivity contribution < 1.29 is 14.3 Å². The molecule has 0 aromatic heterocycles. The predicted octanol–water partition coefficient (Wildman–Crippen LogP) is 3.73. The van der Waals surface area contributed by atoms with Gasteiger partial charge in [0, 0.05) is 19.9 Å². The summed E-state index contributed by atoms with van der Waals surface area (Å²) in [6.07, 6.45) is 0.0776. The second kappa shape index (κ2) is 9.39. The number of carbonyl (C=O) groups excluding carboxylic acids is 2. The molecular weight excluding hydrogens is 342 g/mol. The van der Waals surface area contributed by atoms with E-state index in [0.29, 0.717) is 22.7 Å². The summed E-state index contributed by atoms with van der Waals surface area (Å²) in [6, 6.07) is 16.1. The van der Waals surface area contributed by atoms with Crippen LogP contribution in [0.2, 0.25) is 0 Å². The SMILES string of the molecule is CC(=O)N(CCC(=O)Nc1ccccc1OC(C)C)c1ccccc1C#N. The smallest absolute Gasteiger partial charge is 0.226 e. The molecule has 0 saturated heterocycles. The Hall–Kier alpha value is -3.33. The van der Waals surface area contributed by atoms with Crippen LogP contribution in [-0.4, -0.2) is 24.5 Å². The van der Waals surface area contributed by atoms with Crippen LogP contribution in [0.15, 0.2) is 48.5 Å². The fourth-order valence-electron chi connectivity index (χ4n) is 2.60. The molecule has 0 aliphatic carbocycles. The lowest BCUT2D eigenvalue weighted by atomic mass is 10.1. The van der Waals surface area contributed by atoms with Gasteiger partial charge in [0.05, 0.1) is 23.0 Å². The summed E-state index contributed by atoms with van der Waals surface area (Å²) in [7, 11) is 0. The highest BCUT2D eigenvalue weighted by atomic mass is 16.5. The molecule has 2 aromatic carbocycles. The Bertz CT molecular complexity index is 856. The summed E-state index contributed by atoms with van der Waals surface area (Å²) in [4.78, 5) is 25.9. The molecule has 6 nitrogen and oxygen atoms in total. The van der Waals surface area contributed by atoms with E-state index in [0.717, 1.165) is 0 Å². The van der Waals surface area contributed by atoms with E-state index >= 15 is 0 Å². The first-order valence-electron chi connectivity index (χ1n) is 8.75. The average Bonchev–Trinajstić information content (AvgIpc) is 2.63. The van der Waals surface area contributed by atoms with Crippen molar-refractivity contribution in [1.29, 1.82) is 5.26 Å². The molecule has 0 atom stereocenters. The van der Waals surface area contributed by atoms with Gasteiger partial charge in [-0.1, -0.05) is 24.3 Å². The van der Waals surface area contributed by atoms with E-state index in [9.17, 15) is 14.9 Å². The lowest BCUT2D eigenvalue weighted by Gasteiger charge is -2.22. The van der Waals surface area contributed by atoms with Crippen molar-refractivity contribution in [2.45, 2.75) is 33.3 Å². The van der Waals surface area contributed by atoms with E-state index in [1.807, 2.05) is 26.0 Å². The normalized spacial score (nSPS) is 10.2. The molecule has 0 radical (unpaired) electrons. The Morgan fingerprint density at radius 2 is 1.81 bits per heavy atom. The number of ether oxygens (including phenoxy) is 1. The molecule has 1 N–H and O–H groups in total. The number of hydrogen-bond acceptors (Lipinski definition) is 4. The molecule has 0 aliphatic rings. The average molecular weight is 365 g/mol. The summed E-state index contributed by atoms with van der Waals surface area (Å²) in [5.74, 6) is 0.128. The minimum atomic E-state index is -0.240. The summed E-state index contributed by atoms with van der Waals surface area (Å²) < 4.78 is 5.69. The zero-order valence-electron chi connectivity index (χ0n) is 15.7. The van der Waals surface area contributed by atoms with Gasteiger partial charge in [0.15, 0.2) is 0 Å². The Kier molecular flexibility index (Phi) is 6.95. The van der Waals surface area contributed by atoms with E-state index in [1.54, 1.807) is 36.4 Å². The number of nitriles is 1. The van der Waals surface area contributed by atoms with Crippen LogP contribution < -0.4 is 15.0 Å². The minimum Gasteiger partial charge on any atom is -0.489 e. The Morgan fingerprint density at radius 1 is 1.15 bits per heavy atom. The third-order valence-corrected chi connectivity index (χ3v) is 3.78. The quantitative estimate of drug-likeness (QED) is 0.810. The number of rotatable bonds is 7. The van der Waals surface area contributed by atoms with Gasteiger partial charge in [-0.25, -0.2) is 0 Å². The van der Waals surface area contributed by atoms with E-state index in [-0.39, 0.29) is 30.9 Å². The molecule has 140 valence electrons. The Morgan fingerprint density at radius 3 is 2.48 bits per heavy atom. The highest BCUT2D eigenvalue weighted by Crippen LogP contribution is 2.25. The largest absolute Gasteiger partial charge is 0.489 e. The first kappa shape index (κ1) is 20.0. The summed E-state index contributed by atoms with van der Waals surface area (Å²) in [5.41, 5.74) is 1.48. The third-order valence-electron chi connectivity index (χ3n) is 3.78.